The summed E-state index contributed by atoms with van der Waals surface area (Å²) in [6.07, 6.45) is 5.42. The molecule has 2 fully saturated rings. The topological polar surface area (TPSA) is 78.6 Å². The molecule has 0 aliphatic carbocycles. The van der Waals surface area contributed by atoms with Gasteiger partial charge in [0.1, 0.15) is 5.82 Å². The molecule has 0 saturated carbocycles. The lowest BCUT2D eigenvalue weighted by Crippen LogP contribution is -2.54. The van der Waals surface area contributed by atoms with E-state index in [2.05, 4.69) is 53.9 Å². The van der Waals surface area contributed by atoms with Gasteiger partial charge < -0.3 is 19.1 Å². The van der Waals surface area contributed by atoms with Crippen LogP contribution in [0.15, 0.2) is 45.4 Å². The summed E-state index contributed by atoms with van der Waals surface area (Å²) in [5.74, 6) is 2.10. The van der Waals surface area contributed by atoms with Crippen LogP contribution in [-0.4, -0.2) is 65.3 Å². The highest BCUT2D eigenvalue weighted by Crippen LogP contribution is 2.40. The van der Waals surface area contributed by atoms with E-state index < -0.39 is 0 Å². The van der Waals surface area contributed by atoms with Crippen molar-refractivity contribution in [3.8, 4) is 22.9 Å². The van der Waals surface area contributed by atoms with Gasteiger partial charge in [-0.15, -0.1) is 10.2 Å². The van der Waals surface area contributed by atoms with E-state index in [1.165, 1.54) is 0 Å². The molecule has 0 N–H and O–H groups in total. The Hall–Kier alpha value is -2.94. The number of likely N-dealkylation sites (N-methyl/N-ethyl adjacent to an activating group) is 1. The number of pyridine rings is 1. The Morgan fingerprint density at radius 1 is 1.06 bits per heavy atom. The summed E-state index contributed by atoms with van der Waals surface area (Å²) in [7, 11) is 1.98. The molecule has 9 heteroatoms. The van der Waals surface area contributed by atoms with Gasteiger partial charge in [0.15, 0.2) is 0 Å². The number of hydrogen-bond acceptors (Lipinski definition) is 7. The number of nitrogens with zero attached hydrogens (tertiary/aromatic N) is 6. The maximum Gasteiger partial charge on any atom is 0.250 e. The molecule has 0 radical (unpaired) electrons. The summed E-state index contributed by atoms with van der Waals surface area (Å²) in [6, 6.07) is 10.2. The summed E-state index contributed by atoms with van der Waals surface area (Å²) in [4.78, 5) is 25.0. The zero-order chi connectivity index (χ0) is 24.2. The maximum atomic E-state index is 13.8. The highest BCUT2D eigenvalue weighted by atomic mass is 79.9. The lowest BCUT2D eigenvalue weighted by atomic mass is 9.78. The quantitative estimate of drug-likeness (QED) is 0.415. The van der Waals surface area contributed by atoms with E-state index in [1.807, 2.05) is 36.2 Å². The number of rotatable bonds is 0. The lowest BCUT2D eigenvalue weighted by molar-refractivity contribution is -0.143. The number of amides is 1. The molecule has 7 rings (SSSR count). The van der Waals surface area contributed by atoms with Gasteiger partial charge in [0, 0.05) is 60.9 Å². The Bertz CT molecular complexity index is 1270. The molecule has 3 aromatic rings. The zero-order valence-electron chi connectivity index (χ0n) is 20.1. The van der Waals surface area contributed by atoms with Gasteiger partial charge in [0.25, 0.3) is 0 Å². The summed E-state index contributed by atoms with van der Waals surface area (Å²) in [5, 5.41) is 8.79. The van der Waals surface area contributed by atoms with Crippen LogP contribution in [0, 0.1) is 5.41 Å². The summed E-state index contributed by atoms with van der Waals surface area (Å²) >= 11 is 3.63. The van der Waals surface area contributed by atoms with Crippen LogP contribution in [0.4, 0.5) is 11.5 Å². The molecule has 1 atom stereocenters. The van der Waals surface area contributed by atoms with Crippen molar-refractivity contribution in [2.45, 2.75) is 38.6 Å². The number of piperidine rings is 2. The molecule has 4 aliphatic rings. The Labute approximate surface area is 213 Å². The highest BCUT2D eigenvalue weighted by Gasteiger charge is 2.41. The van der Waals surface area contributed by atoms with Gasteiger partial charge in [-0.2, -0.15) is 0 Å². The molecule has 182 valence electrons. The van der Waals surface area contributed by atoms with E-state index in [0.717, 1.165) is 79.0 Å². The number of anilines is 2. The van der Waals surface area contributed by atoms with Gasteiger partial charge >= 0.3 is 0 Å². The van der Waals surface area contributed by atoms with Gasteiger partial charge in [-0.3, -0.25) is 4.79 Å². The molecule has 1 amide bonds. The van der Waals surface area contributed by atoms with E-state index in [4.69, 9.17) is 4.42 Å². The predicted molar refractivity (Wildman–Crippen MR) is 138 cm³/mol. The first-order valence-corrected chi connectivity index (χ1v) is 13.1. The van der Waals surface area contributed by atoms with Crippen LogP contribution in [0.25, 0.3) is 22.9 Å². The molecule has 2 saturated heterocycles. The van der Waals surface area contributed by atoms with Crippen LogP contribution in [-0.2, 0) is 4.79 Å². The first-order chi connectivity index (χ1) is 16.9. The third kappa shape index (κ3) is 3.99. The molecule has 1 unspecified atom stereocenters. The third-order valence-electron chi connectivity index (χ3n) is 7.92. The number of hydrogen-bond donors (Lipinski definition) is 0. The normalized spacial score (nSPS) is 24.4. The van der Waals surface area contributed by atoms with Crippen LogP contribution in [0.1, 0.15) is 32.6 Å². The maximum absolute atomic E-state index is 13.8. The van der Waals surface area contributed by atoms with Crippen LogP contribution in [0.3, 0.4) is 0 Å². The van der Waals surface area contributed by atoms with Crippen molar-refractivity contribution in [3.63, 3.8) is 0 Å². The minimum Gasteiger partial charge on any atom is -0.416 e. The molecule has 6 heterocycles. The fourth-order valence-electron chi connectivity index (χ4n) is 5.65. The molecule has 2 aromatic heterocycles. The van der Waals surface area contributed by atoms with E-state index >= 15 is 0 Å². The van der Waals surface area contributed by atoms with Crippen molar-refractivity contribution >= 4 is 33.3 Å². The van der Waals surface area contributed by atoms with Gasteiger partial charge in [0.05, 0.1) is 11.3 Å². The van der Waals surface area contributed by atoms with Crippen molar-refractivity contribution < 1.29 is 9.21 Å². The minimum absolute atomic E-state index is 0.166. The summed E-state index contributed by atoms with van der Waals surface area (Å²) < 4.78 is 7.20. The molecule has 35 heavy (non-hydrogen) atoms. The fourth-order valence-corrected chi connectivity index (χ4v) is 5.99. The Morgan fingerprint density at radius 2 is 1.86 bits per heavy atom. The second-order valence-corrected chi connectivity index (χ2v) is 11.1. The molecule has 8 nitrogen and oxygen atoms in total. The molecule has 0 spiro atoms. The van der Waals surface area contributed by atoms with Crippen LogP contribution >= 0.6 is 15.9 Å². The smallest absolute Gasteiger partial charge is 0.250 e. The average Bonchev–Trinajstić information content (AvgIpc) is 3.38. The monoisotopic (exact) mass is 536 g/mol. The standard InChI is InChI=1S/C26H29BrN6O2/c1-26-8-12-32(13-9-26)21-15-18(27)5-6-20(21)24-30-29-23(35-24)17-7-10-28-22(14-17)33-11-3-4-19(16-33)31(2)25(26)34/h5-7,10,14-15,19H,3-4,8-9,11-13,16H2,1-2H3. The second kappa shape index (κ2) is 8.62. The van der Waals surface area contributed by atoms with E-state index in [9.17, 15) is 4.79 Å². The largest absolute Gasteiger partial charge is 0.416 e. The van der Waals surface area contributed by atoms with Crippen LogP contribution < -0.4 is 9.80 Å². The number of benzene rings is 1. The SMILES string of the molecule is CN1C(=O)C2(C)CCN(CC2)c2cc(Br)ccc2-c2nnc(o2)-c2ccnc(c2)N2CCCC1C2. The van der Waals surface area contributed by atoms with E-state index in [1.54, 1.807) is 6.20 Å². The molecule has 4 aliphatic heterocycles. The van der Waals surface area contributed by atoms with Gasteiger partial charge in [0.2, 0.25) is 17.7 Å². The van der Waals surface area contributed by atoms with Crippen molar-refractivity contribution in [1.82, 2.24) is 20.1 Å². The van der Waals surface area contributed by atoms with Gasteiger partial charge in [-0.25, -0.2) is 4.98 Å². The average molecular weight is 537 g/mol. The highest BCUT2D eigenvalue weighted by molar-refractivity contribution is 9.10. The van der Waals surface area contributed by atoms with E-state index in [-0.39, 0.29) is 17.4 Å². The number of carbonyl (C=O) groups excluding carboxylic acids is 1. The number of fused-ring (bicyclic) bond motifs is 3. The first kappa shape index (κ1) is 22.5. The lowest BCUT2D eigenvalue weighted by Gasteiger charge is -2.45. The third-order valence-corrected chi connectivity index (χ3v) is 8.41. The first-order valence-electron chi connectivity index (χ1n) is 12.3. The Morgan fingerprint density at radius 3 is 2.69 bits per heavy atom. The Balaban J connectivity index is 1.47. The number of halogens is 1. The molecular formula is C26H29BrN6O2. The van der Waals surface area contributed by atoms with Crippen molar-refractivity contribution in [2.75, 3.05) is 43.0 Å². The predicted octanol–water partition coefficient (Wildman–Crippen LogP) is 4.61. The zero-order valence-corrected chi connectivity index (χ0v) is 21.7. The molecular weight excluding hydrogens is 508 g/mol. The minimum atomic E-state index is -0.372. The second-order valence-electron chi connectivity index (χ2n) is 10.2. The number of carbonyl (C=O) groups is 1. The Kier molecular flexibility index (Phi) is 5.55. The van der Waals surface area contributed by atoms with Crippen LogP contribution in [0.2, 0.25) is 0 Å². The summed E-state index contributed by atoms with van der Waals surface area (Å²) in [6.45, 7) is 5.41. The summed E-state index contributed by atoms with van der Waals surface area (Å²) in [5.41, 5.74) is 2.41. The number of aromatic nitrogens is 3. The molecule has 8 bridgehead atoms. The molecule has 1 aromatic carbocycles. The van der Waals surface area contributed by atoms with Gasteiger partial charge in [-0.05, 0) is 56.0 Å². The van der Waals surface area contributed by atoms with Gasteiger partial charge in [-0.1, -0.05) is 22.9 Å². The van der Waals surface area contributed by atoms with Crippen molar-refractivity contribution in [2.24, 2.45) is 5.41 Å². The van der Waals surface area contributed by atoms with Crippen LogP contribution in [0.5, 0.6) is 0 Å². The van der Waals surface area contributed by atoms with E-state index in [0.29, 0.717) is 11.8 Å². The van der Waals surface area contributed by atoms with Crippen molar-refractivity contribution in [1.29, 1.82) is 0 Å². The van der Waals surface area contributed by atoms with Crippen molar-refractivity contribution in [3.05, 3.63) is 41.0 Å². The fraction of sp³-hybridized carbons (Fsp3) is 0.462.